The van der Waals surface area contributed by atoms with Crippen LogP contribution in [0.15, 0.2) is 0 Å². The largest absolute Gasteiger partial charge is 0.314 e. The summed E-state index contributed by atoms with van der Waals surface area (Å²) < 4.78 is 0. The van der Waals surface area contributed by atoms with Crippen LogP contribution >= 0.6 is 0 Å². The first-order valence-electron chi connectivity index (χ1n) is 4.61. The highest BCUT2D eigenvalue weighted by Gasteiger charge is 2.33. The van der Waals surface area contributed by atoms with Crippen LogP contribution in [-0.4, -0.2) is 12.6 Å². The SMILES string of the molecule is CC1CCCC1C1CCN1. The van der Waals surface area contributed by atoms with Gasteiger partial charge in [-0.15, -0.1) is 0 Å². The highest BCUT2D eigenvalue weighted by molar-refractivity contribution is 4.89. The van der Waals surface area contributed by atoms with E-state index in [0.29, 0.717) is 0 Å². The van der Waals surface area contributed by atoms with Gasteiger partial charge < -0.3 is 5.32 Å². The van der Waals surface area contributed by atoms with E-state index in [1.54, 1.807) is 0 Å². The summed E-state index contributed by atoms with van der Waals surface area (Å²) in [6.45, 7) is 3.69. The summed E-state index contributed by atoms with van der Waals surface area (Å²) >= 11 is 0. The van der Waals surface area contributed by atoms with Crippen LogP contribution < -0.4 is 5.32 Å². The van der Waals surface area contributed by atoms with E-state index < -0.39 is 0 Å². The molecular formula is C9H17N. The Morgan fingerprint density at radius 3 is 2.40 bits per heavy atom. The number of nitrogens with one attached hydrogen (secondary N) is 1. The summed E-state index contributed by atoms with van der Waals surface area (Å²) in [7, 11) is 0. The average Bonchev–Trinajstić information content (AvgIpc) is 2.12. The van der Waals surface area contributed by atoms with Gasteiger partial charge in [-0.05, 0) is 31.2 Å². The normalized spacial score (nSPS) is 47.1. The molecule has 3 atom stereocenters. The fourth-order valence-corrected chi connectivity index (χ4v) is 2.45. The van der Waals surface area contributed by atoms with Crippen LogP contribution in [-0.2, 0) is 0 Å². The molecule has 10 heavy (non-hydrogen) atoms. The van der Waals surface area contributed by atoms with Crippen LogP contribution in [0.5, 0.6) is 0 Å². The van der Waals surface area contributed by atoms with Gasteiger partial charge in [0, 0.05) is 6.04 Å². The Morgan fingerprint density at radius 1 is 1.20 bits per heavy atom. The Hall–Kier alpha value is -0.0400. The maximum Gasteiger partial charge on any atom is 0.0110 e. The van der Waals surface area contributed by atoms with Crippen LogP contribution in [0, 0.1) is 11.8 Å². The first kappa shape index (κ1) is 6.66. The van der Waals surface area contributed by atoms with Gasteiger partial charge in [-0.2, -0.15) is 0 Å². The molecule has 2 aliphatic rings. The maximum absolute atomic E-state index is 3.52. The molecule has 1 heteroatoms. The standard InChI is InChI=1S/C9H17N/c1-7-3-2-4-8(7)9-5-6-10-9/h7-10H,2-6H2,1H3. The van der Waals surface area contributed by atoms with Gasteiger partial charge in [0.1, 0.15) is 0 Å². The molecule has 0 spiro atoms. The lowest BCUT2D eigenvalue weighted by molar-refractivity contribution is 0.223. The van der Waals surface area contributed by atoms with Crippen molar-refractivity contribution in [2.45, 2.75) is 38.6 Å². The molecule has 1 aliphatic carbocycles. The Labute approximate surface area is 63.2 Å². The average molecular weight is 139 g/mol. The van der Waals surface area contributed by atoms with Crippen LogP contribution in [0.4, 0.5) is 0 Å². The smallest absolute Gasteiger partial charge is 0.0110 e. The maximum atomic E-state index is 3.52. The lowest BCUT2D eigenvalue weighted by Crippen LogP contribution is -2.48. The second-order valence-electron chi connectivity index (χ2n) is 3.92. The minimum atomic E-state index is 0.900. The summed E-state index contributed by atoms with van der Waals surface area (Å²) in [6.07, 6.45) is 5.88. The first-order valence-corrected chi connectivity index (χ1v) is 4.61. The zero-order chi connectivity index (χ0) is 6.97. The molecule has 2 rings (SSSR count). The quantitative estimate of drug-likeness (QED) is 0.584. The van der Waals surface area contributed by atoms with Crippen molar-refractivity contribution >= 4 is 0 Å². The third kappa shape index (κ3) is 0.968. The highest BCUT2D eigenvalue weighted by atomic mass is 15.0. The van der Waals surface area contributed by atoms with E-state index in [-0.39, 0.29) is 0 Å². The fraction of sp³-hybridized carbons (Fsp3) is 1.00. The van der Waals surface area contributed by atoms with E-state index in [1.165, 1.54) is 32.2 Å². The second kappa shape index (κ2) is 2.54. The first-order chi connectivity index (χ1) is 4.88. The number of hydrogen-bond donors (Lipinski definition) is 1. The fourth-order valence-electron chi connectivity index (χ4n) is 2.45. The molecule has 58 valence electrons. The molecule has 0 aromatic rings. The molecule has 0 radical (unpaired) electrons. The summed E-state index contributed by atoms with van der Waals surface area (Å²) in [4.78, 5) is 0. The van der Waals surface area contributed by atoms with Gasteiger partial charge in [0.05, 0.1) is 0 Å². The summed E-state index contributed by atoms with van der Waals surface area (Å²) in [5.74, 6) is 2.02. The van der Waals surface area contributed by atoms with Crippen LogP contribution in [0.3, 0.4) is 0 Å². The van der Waals surface area contributed by atoms with Crippen molar-refractivity contribution in [3.8, 4) is 0 Å². The van der Waals surface area contributed by atoms with Crippen molar-refractivity contribution in [1.29, 1.82) is 0 Å². The van der Waals surface area contributed by atoms with E-state index >= 15 is 0 Å². The Morgan fingerprint density at radius 2 is 2.00 bits per heavy atom. The van der Waals surface area contributed by atoms with E-state index in [4.69, 9.17) is 0 Å². The van der Waals surface area contributed by atoms with Gasteiger partial charge >= 0.3 is 0 Å². The predicted molar refractivity (Wildman–Crippen MR) is 42.9 cm³/mol. The number of hydrogen-bond acceptors (Lipinski definition) is 1. The summed E-state index contributed by atoms with van der Waals surface area (Å²) in [5.41, 5.74) is 0. The van der Waals surface area contributed by atoms with E-state index in [1.807, 2.05) is 0 Å². The van der Waals surface area contributed by atoms with Crippen LogP contribution in [0.25, 0.3) is 0 Å². The Kier molecular flexibility index (Phi) is 1.69. The zero-order valence-corrected chi connectivity index (χ0v) is 6.77. The predicted octanol–water partition coefficient (Wildman–Crippen LogP) is 1.78. The van der Waals surface area contributed by atoms with Gasteiger partial charge in [0.25, 0.3) is 0 Å². The van der Waals surface area contributed by atoms with Crippen LogP contribution in [0.2, 0.25) is 0 Å². The Bertz CT molecular complexity index is 118. The van der Waals surface area contributed by atoms with E-state index in [9.17, 15) is 0 Å². The molecule has 1 N–H and O–H groups in total. The second-order valence-corrected chi connectivity index (χ2v) is 3.92. The molecule has 1 saturated carbocycles. The minimum Gasteiger partial charge on any atom is -0.314 e. The van der Waals surface area contributed by atoms with Crippen molar-refractivity contribution in [1.82, 2.24) is 5.32 Å². The third-order valence-corrected chi connectivity index (χ3v) is 3.31. The minimum absolute atomic E-state index is 0.900. The van der Waals surface area contributed by atoms with Gasteiger partial charge in [0.2, 0.25) is 0 Å². The molecule has 0 bridgehead atoms. The summed E-state index contributed by atoms with van der Waals surface area (Å²) in [5, 5.41) is 3.52. The molecule has 3 unspecified atom stereocenters. The molecule has 1 nitrogen and oxygen atoms in total. The van der Waals surface area contributed by atoms with Crippen molar-refractivity contribution in [3.05, 3.63) is 0 Å². The molecule has 1 saturated heterocycles. The van der Waals surface area contributed by atoms with Gasteiger partial charge in [-0.3, -0.25) is 0 Å². The lowest BCUT2D eigenvalue weighted by Gasteiger charge is -2.35. The highest BCUT2D eigenvalue weighted by Crippen LogP contribution is 2.36. The monoisotopic (exact) mass is 139 g/mol. The number of rotatable bonds is 1. The van der Waals surface area contributed by atoms with Crippen molar-refractivity contribution in [2.75, 3.05) is 6.54 Å². The van der Waals surface area contributed by atoms with Crippen molar-refractivity contribution in [2.24, 2.45) is 11.8 Å². The topological polar surface area (TPSA) is 12.0 Å². The van der Waals surface area contributed by atoms with Gasteiger partial charge in [-0.25, -0.2) is 0 Å². The third-order valence-electron chi connectivity index (χ3n) is 3.31. The van der Waals surface area contributed by atoms with Crippen LogP contribution in [0.1, 0.15) is 32.6 Å². The molecule has 0 aromatic carbocycles. The molecule has 1 aliphatic heterocycles. The van der Waals surface area contributed by atoms with Gasteiger partial charge in [0.15, 0.2) is 0 Å². The van der Waals surface area contributed by atoms with Crippen molar-refractivity contribution in [3.63, 3.8) is 0 Å². The zero-order valence-electron chi connectivity index (χ0n) is 6.77. The van der Waals surface area contributed by atoms with Gasteiger partial charge in [-0.1, -0.05) is 19.8 Å². The molecule has 1 heterocycles. The lowest BCUT2D eigenvalue weighted by atomic mass is 9.85. The molecular weight excluding hydrogens is 122 g/mol. The Balaban J connectivity index is 1.90. The van der Waals surface area contributed by atoms with E-state index in [0.717, 1.165) is 17.9 Å². The molecule has 2 fully saturated rings. The molecule has 0 aromatic heterocycles. The molecule has 0 amide bonds. The van der Waals surface area contributed by atoms with E-state index in [2.05, 4.69) is 12.2 Å². The summed E-state index contributed by atoms with van der Waals surface area (Å²) in [6, 6.07) is 0.900. The van der Waals surface area contributed by atoms with Crippen molar-refractivity contribution < 1.29 is 0 Å².